The van der Waals surface area contributed by atoms with Crippen LogP contribution in [-0.4, -0.2) is 42.2 Å². The van der Waals surface area contributed by atoms with Crippen LogP contribution in [0.5, 0.6) is 5.75 Å². The number of hydrogen-bond acceptors (Lipinski definition) is 3. The highest BCUT2D eigenvalue weighted by Crippen LogP contribution is 2.27. The van der Waals surface area contributed by atoms with Gasteiger partial charge in [-0.25, -0.2) is 0 Å². The molecule has 1 aromatic rings. The number of nitrogens with zero attached hydrogens (tertiary/aromatic N) is 1. The predicted octanol–water partition coefficient (Wildman–Crippen LogP) is 2.58. The summed E-state index contributed by atoms with van der Waals surface area (Å²) in [5, 5.41) is 10.1. The van der Waals surface area contributed by atoms with E-state index >= 15 is 0 Å². The Hall–Kier alpha value is -1.26. The number of piperidine rings is 1. The van der Waals surface area contributed by atoms with Gasteiger partial charge in [-0.1, -0.05) is 11.6 Å². The highest BCUT2D eigenvalue weighted by atomic mass is 35.5. The second kappa shape index (κ2) is 6.46. The van der Waals surface area contributed by atoms with E-state index in [4.69, 9.17) is 16.3 Å². The van der Waals surface area contributed by atoms with E-state index in [-0.39, 0.29) is 17.9 Å². The van der Waals surface area contributed by atoms with Crippen LogP contribution in [0.1, 0.15) is 30.1 Å². The minimum absolute atomic E-state index is 0.0393. The normalized spacial score (nSPS) is 17.9. The number of ether oxygens (including phenoxy) is 1. The molecule has 1 saturated heterocycles. The number of aliphatic hydroxyl groups excluding tert-OH is 1. The van der Waals surface area contributed by atoms with Crippen molar-refractivity contribution in [2.45, 2.75) is 25.9 Å². The van der Waals surface area contributed by atoms with Crippen molar-refractivity contribution < 1.29 is 14.6 Å². The van der Waals surface area contributed by atoms with Crippen molar-refractivity contribution in [1.82, 2.24) is 4.90 Å². The summed E-state index contributed by atoms with van der Waals surface area (Å²) in [4.78, 5) is 14.3. The third-order valence-corrected chi connectivity index (χ3v) is 4.14. The van der Waals surface area contributed by atoms with Crippen LogP contribution in [0, 0.1) is 5.92 Å². The van der Waals surface area contributed by atoms with E-state index in [0.717, 1.165) is 12.8 Å². The summed E-state index contributed by atoms with van der Waals surface area (Å²) in [6.45, 7) is 3.14. The molecule has 0 spiro atoms. The number of likely N-dealkylation sites (tertiary alicyclic amines) is 1. The van der Waals surface area contributed by atoms with Crippen molar-refractivity contribution in [3.63, 3.8) is 0 Å². The van der Waals surface area contributed by atoms with Crippen LogP contribution >= 0.6 is 11.6 Å². The minimum Gasteiger partial charge on any atom is -0.496 e. The highest BCUT2D eigenvalue weighted by molar-refractivity contribution is 6.30. The molecule has 1 atom stereocenters. The summed E-state index contributed by atoms with van der Waals surface area (Å²) in [5.74, 6) is 0.744. The van der Waals surface area contributed by atoms with Crippen LogP contribution in [0.25, 0.3) is 0 Å². The average molecular weight is 298 g/mol. The van der Waals surface area contributed by atoms with Gasteiger partial charge in [0.05, 0.1) is 18.8 Å². The van der Waals surface area contributed by atoms with E-state index in [2.05, 4.69) is 0 Å². The molecule has 1 aliphatic rings. The van der Waals surface area contributed by atoms with Gasteiger partial charge in [0.2, 0.25) is 0 Å². The molecule has 2 rings (SSSR count). The molecule has 1 fully saturated rings. The first-order chi connectivity index (χ1) is 9.52. The highest BCUT2D eigenvalue weighted by Gasteiger charge is 2.27. The van der Waals surface area contributed by atoms with Crippen LogP contribution in [0.2, 0.25) is 5.02 Å². The number of rotatable bonds is 3. The average Bonchev–Trinajstić information content (AvgIpc) is 2.46. The Labute approximate surface area is 124 Å². The third-order valence-electron chi connectivity index (χ3n) is 3.90. The van der Waals surface area contributed by atoms with Crippen LogP contribution in [0.4, 0.5) is 0 Å². The Bertz CT molecular complexity index is 482. The number of benzene rings is 1. The maximum Gasteiger partial charge on any atom is 0.257 e. The number of aliphatic hydroxyl groups is 1. The first-order valence-corrected chi connectivity index (χ1v) is 7.21. The number of carbonyl (C=O) groups is 1. The van der Waals surface area contributed by atoms with Gasteiger partial charge in [0.25, 0.3) is 5.91 Å². The lowest BCUT2D eigenvalue weighted by atomic mass is 9.92. The van der Waals surface area contributed by atoms with Crippen LogP contribution < -0.4 is 4.74 Å². The Balaban J connectivity index is 2.09. The van der Waals surface area contributed by atoms with Crippen LogP contribution in [-0.2, 0) is 0 Å². The van der Waals surface area contributed by atoms with E-state index in [1.807, 2.05) is 11.8 Å². The third kappa shape index (κ3) is 3.25. The molecule has 1 aliphatic heterocycles. The van der Waals surface area contributed by atoms with Gasteiger partial charge in [0.15, 0.2) is 0 Å². The number of methoxy groups -OCH3 is 1. The summed E-state index contributed by atoms with van der Waals surface area (Å²) < 4.78 is 5.23. The van der Waals surface area contributed by atoms with Gasteiger partial charge in [-0.05, 0) is 43.9 Å². The molecule has 20 heavy (non-hydrogen) atoms. The second-order valence-electron chi connectivity index (χ2n) is 5.21. The van der Waals surface area contributed by atoms with E-state index in [1.165, 1.54) is 7.11 Å². The first-order valence-electron chi connectivity index (χ1n) is 6.83. The number of halogens is 1. The molecule has 1 heterocycles. The van der Waals surface area contributed by atoms with E-state index in [1.54, 1.807) is 18.2 Å². The van der Waals surface area contributed by atoms with Gasteiger partial charge in [0.1, 0.15) is 5.75 Å². The lowest BCUT2D eigenvalue weighted by Crippen LogP contribution is -2.40. The van der Waals surface area contributed by atoms with Crippen molar-refractivity contribution in [3.8, 4) is 5.75 Å². The molecule has 1 aromatic carbocycles. The maximum absolute atomic E-state index is 12.5. The SMILES string of the molecule is COc1cc(Cl)ccc1C(=O)N1CCC(C(C)O)CC1. The molecule has 1 unspecified atom stereocenters. The van der Waals surface area contributed by atoms with Crippen molar-refractivity contribution in [2.24, 2.45) is 5.92 Å². The zero-order valence-corrected chi connectivity index (χ0v) is 12.6. The van der Waals surface area contributed by atoms with Gasteiger partial charge in [-0.2, -0.15) is 0 Å². The lowest BCUT2D eigenvalue weighted by Gasteiger charge is -2.33. The summed E-state index contributed by atoms with van der Waals surface area (Å²) >= 11 is 5.91. The summed E-state index contributed by atoms with van der Waals surface area (Å²) in [6.07, 6.45) is 1.36. The summed E-state index contributed by atoms with van der Waals surface area (Å²) in [6, 6.07) is 5.04. The van der Waals surface area contributed by atoms with E-state index in [0.29, 0.717) is 29.4 Å². The molecule has 0 aromatic heterocycles. The smallest absolute Gasteiger partial charge is 0.257 e. The molecule has 1 amide bonds. The van der Waals surface area contributed by atoms with Crippen molar-refractivity contribution in [3.05, 3.63) is 28.8 Å². The number of carbonyl (C=O) groups excluding carboxylic acids is 1. The number of hydrogen-bond donors (Lipinski definition) is 1. The fourth-order valence-corrected chi connectivity index (χ4v) is 2.76. The molecule has 4 nitrogen and oxygen atoms in total. The topological polar surface area (TPSA) is 49.8 Å². The van der Waals surface area contributed by atoms with Gasteiger partial charge in [-0.15, -0.1) is 0 Å². The molecule has 0 bridgehead atoms. The van der Waals surface area contributed by atoms with Crippen molar-refractivity contribution >= 4 is 17.5 Å². The Morgan fingerprint density at radius 3 is 2.65 bits per heavy atom. The summed E-state index contributed by atoms with van der Waals surface area (Å²) in [5.41, 5.74) is 0.535. The standard InChI is InChI=1S/C15H20ClNO3/c1-10(18)11-5-7-17(8-6-11)15(19)13-4-3-12(16)9-14(13)20-2/h3-4,9-11,18H,5-8H2,1-2H3. The predicted molar refractivity (Wildman–Crippen MR) is 78.3 cm³/mol. The van der Waals surface area contributed by atoms with Crippen LogP contribution in [0.3, 0.4) is 0 Å². The number of amides is 1. The van der Waals surface area contributed by atoms with E-state index < -0.39 is 0 Å². The molecule has 0 radical (unpaired) electrons. The van der Waals surface area contributed by atoms with Crippen molar-refractivity contribution in [2.75, 3.05) is 20.2 Å². The van der Waals surface area contributed by atoms with Gasteiger partial charge in [0, 0.05) is 18.1 Å². The fraction of sp³-hybridized carbons (Fsp3) is 0.533. The maximum atomic E-state index is 12.5. The Kier molecular flexibility index (Phi) is 4.89. The zero-order chi connectivity index (χ0) is 14.7. The van der Waals surface area contributed by atoms with Gasteiger partial charge < -0.3 is 14.7 Å². The molecule has 110 valence electrons. The molecule has 0 saturated carbocycles. The molecule has 1 N–H and O–H groups in total. The first kappa shape index (κ1) is 15.1. The molecular formula is C15H20ClNO3. The summed E-state index contributed by atoms with van der Waals surface area (Å²) in [7, 11) is 1.53. The zero-order valence-electron chi connectivity index (χ0n) is 11.8. The fourth-order valence-electron chi connectivity index (χ4n) is 2.60. The second-order valence-corrected chi connectivity index (χ2v) is 5.65. The van der Waals surface area contributed by atoms with E-state index in [9.17, 15) is 9.90 Å². The van der Waals surface area contributed by atoms with Gasteiger partial charge >= 0.3 is 0 Å². The van der Waals surface area contributed by atoms with Crippen molar-refractivity contribution in [1.29, 1.82) is 0 Å². The quantitative estimate of drug-likeness (QED) is 0.933. The molecule has 0 aliphatic carbocycles. The molecule has 5 heteroatoms. The lowest BCUT2D eigenvalue weighted by molar-refractivity contribution is 0.0519. The van der Waals surface area contributed by atoms with Gasteiger partial charge in [-0.3, -0.25) is 4.79 Å². The minimum atomic E-state index is -0.308. The largest absolute Gasteiger partial charge is 0.496 e. The molecular weight excluding hydrogens is 278 g/mol. The monoisotopic (exact) mass is 297 g/mol. The Morgan fingerprint density at radius 1 is 1.45 bits per heavy atom. The Morgan fingerprint density at radius 2 is 2.10 bits per heavy atom. The van der Waals surface area contributed by atoms with Crippen LogP contribution in [0.15, 0.2) is 18.2 Å².